The molecule has 1 amide bonds. The minimum Gasteiger partial charge on any atom is -0.357 e. The van der Waals surface area contributed by atoms with E-state index in [4.69, 9.17) is 0 Å². The summed E-state index contributed by atoms with van der Waals surface area (Å²) in [5, 5.41) is 15.0. The van der Waals surface area contributed by atoms with Gasteiger partial charge in [-0.25, -0.2) is 0 Å². The molecular weight excluding hydrogens is 478 g/mol. The van der Waals surface area contributed by atoms with Crippen LogP contribution in [0.1, 0.15) is 62.8 Å². The molecule has 3 aromatic carbocycles. The number of ketones is 1. The highest BCUT2D eigenvalue weighted by Crippen LogP contribution is 2.48. The number of nitro groups is 1. The molecule has 194 valence electrons. The predicted octanol–water partition coefficient (Wildman–Crippen LogP) is 6.67. The first-order chi connectivity index (χ1) is 18.0. The van der Waals surface area contributed by atoms with E-state index in [0.29, 0.717) is 22.6 Å². The van der Waals surface area contributed by atoms with Gasteiger partial charge in [-0.3, -0.25) is 19.7 Å². The van der Waals surface area contributed by atoms with Crippen molar-refractivity contribution in [2.45, 2.75) is 51.5 Å². The van der Waals surface area contributed by atoms with E-state index in [1.165, 1.54) is 24.6 Å². The summed E-state index contributed by atoms with van der Waals surface area (Å²) >= 11 is 0. The lowest BCUT2D eigenvalue weighted by atomic mass is 9.75. The van der Waals surface area contributed by atoms with Crippen LogP contribution in [0.25, 0.3) is 0 Å². The number of nitro benzene ring substituents is 1. The van der Waals surface area contributed by atoms with Gasteiger partial charge in [-0.2, -0.15) is 0 Å². The molecule has 7 nitrogen and oxygen atoms in total. The normalized spacial score (nSPS) is 20.9. The Morgan fingerprint density at radius 1 is 1.00 bits per heavy atom. The summed E-state index contributed by atoms with van der Waals surface area (Å²) in [5.41, 5.74) is 4.81. The van der Waals surface area contributed by atoms with Gasteiger partial charge in [0.2, 0.25) is 5.91 Å². The molecular formula is C31H31N3O4. The van der Waals surface area contributed by atoms with Crippen LogP contribution in [0.2, 0.25) is 0 Å². The molecule has 3 aromatic rings. The Labute approximate surface area is 222 Å². The third-order valence-electron chi connectivity index (χ3n) is 7.49. The number of hydrogen-bond acceptors (Lipinski definition) is 5. The van der Waals surface area contributed by atoms with Gasteiger partial charge in [-0.05, 0) is 34.2 Å². The number of nitrogens with one attached hydrogen (secondary N) is 1. The number of Topliss-reactive ketones (excluding diaryl/α,β-unsaturated/α-hetero) is 1. The molecule has 3 atom stereocenters. The van der Waals surface area contributed by atoms with Crippen molar-refractivity contribution in [1.29, 1.82) is 0 Å². The Morgan fingerprint density at radius 2 is 1.71 bits per heavy atom. The number of amides is 1. The minimum absolute atomic E-state index is 0.0181. The van der Waals surface area contributed by atoms with Crippen molar-refractivity contribution in [1.82, 2.24) is 0 Å². The SMILES string of the molecule is CC(=O)N1c2ccccc2NC2=C[C@@H](c3ccc(C(C)(C)C)cc3)CC(=O)[C@H]2[C@@H]1c1cccc([N+](=O)[O-])c1. The number of hydrogen-bond donors (Lipinski definition) is 1. The van der Waals surface area contributed by atoms with Crippen molar-refractivity contribution in [2.24, 2.45) is 5.92 Å². The summed E-state index contributed by atoms with van der Waals surface area (Å²) in [6, 6.07) is 21.3. The topological polar surface area (TPSA) is 92.6 Å². The first-order valence-corrected chi connectivity index (χ1v) is 12.8. The maximum atomic E-state index is 14.0. The second-order valence-electron chi connectivity index (χ2n) is 11.1. The Bertz CT molecular complexity index is 1450. The molecule has 0 fully saturated rings. The predicted molar refractivity (Wildman–Crippen MR) is 148 cm³/mol. The fourth-order valence-electron chi connectivity index (χ4n) is 5.58. The fraction of sp³-hybridized carbons (Fsp3) is 0.290. The van der Waals surface area contributed by atoms with Gasteiger partial charge >= 0.3 is 0 Å². The molecule has 2 aliphatic rings. The summed E-state index contributed by atoms with van der Waals surface area (Å²) in [4.78, 5) is 39.8. The number of rotatable bonds is 3. The van der Waals surface area contributed by atoms with Gasteiger partial charge in [0.15, 0.2) is 0 Å². The standard InChI is InChI=1S/C31H31N3O4/c1-19(35)33-27-11-6-5-10-25(27)32-26-17-22(20-12-14-23(15-13-20)31(2,3)4)18-28(36)29(26)30(33)21-8-7-9-24(16-21)34(37)38/h5-17,22,29-30,32H,18H2,1-4H3/t22-,29+,30+/m1/s1. The Morgan fingerprint density at radius 3 is 2.37 bits per heavy atom. The molecule has 1 heterocycles. The zero-order valence-electron chi connectivity index (χ0n) is 22.0. The number of allylic oxidation sites excluding steroid dienone is 1. The summed E-state index contributed by atoms with van der Waals surface area (Å²) in [6.45, 7) is 7.96. The number of nitrogens with zero attached hydrogens (tertiary/aromatic N) is 2. The molecule has 0 saturated carbocycles. The van der Waals surface area contributed by atoms with Gasteiger partial charge in [-0.1, -0.05) is 75.4 Å². The second-order valence-corrected chi connectivity index (χ2v) is 11.1. The Balaban J connectivity index is 1.66. The van der Waals surface area contributed by atoms with Crippen LogP contribution in [-0.2, 0) is 15.0 Å². The number of fused-ring (bicyclic) bond motifs is 2. The van der Waals surface area contributed by atoms with Crippen LogP contribution in [0.15, 0.2) is 84.6 Å². The van der Waals surface area contributed by atoms with Gasteiger partial charge in [-0.15, -0.1) is 0 Å². The zero-order chi connectivity index (χ0) is 27.2. The van der Waals surface area contributed by atoms with E-state index >= 15 is 0 Å². The molecule has 1 N–H and O–H groups in total. The van der Waals surface area contributed by atoms with Crippen LogP contribution in [0.5, 0.6) is 0 Å². The van der Waals surface area contributed by atoms with Crippen molar-refractivity contribution in [3.05, 3.63) is 111 Å². The molecule has 0 unspecified atom stereocenters. The average Bonchev–Trinajstić information content (AvgIpc) is 3.03. The number of anilines is 2. The van der Waals surface area contributed by atoms with Crippen LogP contribution < -0.4 is 10.2 Å². The summed E-state index contributed by atoms with van der Waals surface area (Å²) in [7, 11) is 0. The maximum absolute atomic E-state index is 14.0. The highest BCUT2D eigenvalue weighted by molar-refractivity contribution is 6.00. The summed E-state index contributed by atoms with van der Waals surface area (Å²) in [6.07, 6.45) is 2.36. The first kappa shape index (κ1) is 25.4. The average molecular weight is 510 g/mol. The van der Waals surface area contributed by atoms with E-state index in [9.17, 15) is 19.7 Å². The third kappa shape index (κ3) is 4.60. The molecule has 1 aliphatic heterocycles. The molecule has 1 aliphatic carbocycles. The maximum Gasteiger partial charge on any atom is 0.269 e. The number of non-ortho nitro benzene ring substituents is 1. The highest BCUT2D eigenvalue weighted by atomic mass is 16.6. The van der Waals surface area contributed by atoms with E-state index in [0.717, 1.165) is 5.56 Å². The second kappa shape index (κ2) is 9.56. The van der Waals surface area contributed by atoms with Gasteiger partial charge in [0.1, 0.15) is 5.78 Å². The summed E-state index contributed by atoms with van der Waals surface area (Å²) in [5.74, 6) is -1.09. The lowest BCUT2D eigenvalue weighted by molar-refractivity contribution is -0.384. The first-order valence-electron chi connectivity index (χ1n) is 12.8. The van der Waals surface area contributed by atoms with Gasteiger partial charge < -0.3 is 10.2 Å². The largest absolute Gasteiger partial charge is 0.357 e. The van der Waals surface area contributed by atoms with E-state index in [2.05, 4.69) is 56.4 Å². The van der Waals surface area contributed by atoms with Crippen LogP contribution in [0, 0.1) is 16.0 Å². The Kier molecular flexibility index (Phi) is 6.39. The molecule has 0 bridgehead atoms. The van der Waals surface area contributed by atoms with E-state index in [1.54, 1.807) is 17.0 Å². The van der Waals surface area contributed by atoms with Crippen molar-refractivity contribution in [2.75, 3.05) is 10.2 Å². The Hall–Kier alpha value is -4.26. The van der Waals surface area contributed by atoms with Gasteiger partial charge in [0.05, 0.1) is 28.3 Å². The van der Waals surface area contributed by atoms with E-state index < -0.39 is 16.9 Å². The monoisotopic (exact) mass is 509 g/mol. The molecule has 38 heavy (non-hydrogen) atoms. The molecule has 0 aromatic heterocycles. The number of para-hydroxylation sites is 2. The molecule has 0 saturated heterocycles. The fourth-order valence-corrected chi connectivity index (χ4v) is 5.58. The number of carbonyl (C=O) groups excluding carboxylic acids is 2. The van der Waals surface area contributed by atoms with Gasteiger partial charge in [0.25, 0.3) is 5.69 Å². The lowest BCUT2D eigenvalue weighted by Crippen LogP contribution is -2.41. The van der Waals surface area contributed by atoms with E-state index in [-0.39, 0.29) is 35.1 Å². The third-order valence-corrected chi connectivity index (χ3v) is 7.49. The quantitative estimate of drug-likeness (QED) is 0.314. The van der Waals surface area contributed by atoms with Crippen molar-refractivity contribution in [3.63, 3.8) is 0 Å². The number of carbonyl (C=O) groups is 2. The van der Waals surface area contributed by atoms with Crippen molar-refractivity contribution < 1.29 is 14.5 Å². The highest BCUT2D eigenvalue weighted by Gasteiger charge is 2.44. The van der Waals surface area contributed by atoms with Gasteiger partial charge in [0, 0.05) is 37.1 Å². The lowest BCUT2D eigenvalue weighted by Gasteiger charge is -2.37. The zero-order valence-corrected chi connectivity index (χ0v) is 22.0. The molecule has 7 heteroatoms. The molecule has 0 spiro atoms. The van der Waals surface area contributed by atoms with Crippen LogP contribution >= 0.6 is 0 Å². The van der Waals surface area contributed by atoms with Crippen molar-refractivity contribution >= 4 is 28.8 Å². The van der Waals surface area contributed by atoms with Crippen LogP contribution in [0.3, 0.4) is 0 Å². The molecule has 5 rings (SSSR count). The van der Waals surface area contributed by atoms with Crippen LogP contribution in [0.4, 0.5) is 17.1 Å². The van der Waals surface area contributed by atoms with Crippen LogP contribution in [-0.4, -0.2) is 16.6 Å². The van der Waals surface area contributed by atoms with Crippen molar-refractivity contribution in [3.8, 4) is 0 Å². The summed E-state index contributed by atoms with van der Waals surface area (Å²) < 4.78 is 0. The van der Waals surface area contributed by atoms with E-state index in [1.807, 2.05) is 24.3 Å². The molecule has 0 radical (unpaired) electrons. The smallest absolute Gasteiger partial charge is 0.269 e. The minimum atomic E-state index is -0.730. The number of benzene rings is 3.